The molecular weight excluding hydrogens is 416 g/mol. The molecule has 1 atom stereocenters. The van der Waals surface area contributed by atoms with E-state index in [2.05, 4.69) is 0 Å². The normalized spacial score (nSPS) is 24.1. The molecule has 0 spiro atoms. The monoisotopic (exact) mass is 440 g/mol. The SMILES string of the molecule is O=C1OCCC1N1CCN(c2ccc(S(=O)(=O)N3CCOCC3)cc2[N+](=O)[O-])CC1. The molecule has 11 nitrogen and oxygen atoms in total. The first kappa shape index (κ1) is 21.0. The lowest BCUT2D eigenvalue weighted by molar-refractivity contribution is -0.384. The average Bonchev–Trinajstić information content (AvgIpc) is 3.20. The van der Waals surface area contributed by atoms with Gasteiger partial charge in [0.1, 0.15) is 11.7 Å². The van der Waals surface area contributed by atoms with Crippen LogP contribution in [0.4, 0.5) is 11.4 Å². The van der Waals surface area contributed by atoms with E-state index in [1.807, 2.05) is 9.80 Å². The van der Waals surface area contributed by atoms with Crippen molar-refractivity contribution in [2.75, 3.05) is 64.0 Å². The Bertz CT molecular complexity index is 924. The number of rotatable bonds is 5. The van der Waals surface area contributed by atoms with Gasteiger partial charge >= 0.3 is 5.97 Å². The highest BCUT2D eigenvalue weighted by molar-refractivity contribution is 7.89. The maximum Gasteiger partial charge on any atom is 0.323 e. The molecular formula is C18H24N4O7S. The van der Waals surface area contributed by atoms with Gasteiger partial charge in [-0.25, -0.2) is 8.42 Å². The first-order valence-electron chi connectivity index (χ1n) is 9.90. The van der Waals surface area contributed by atoms with Crippen molar-refractivity contribution in [2.45, 2.75) is 17.4 Å². The number of piperazine rings is 1. The lowest BCUT2D eigenvalue weighted by Gasteiger charge is -2.37. The molecule has 1 aromatic rings. The molecule has 3 saturated heterocycles. The molecule has 1 unspecified atom stereocenters. The third-order valence-corrected chi connectivity index (χ3v) is 7.65. The Morgan fingerprint density at radius 3 is 2.33 bits per heavy atom. The Kier molecular flexibility index (Phi) is 5.91. The molecule has 0 aromatic heterocycles. The van der Waals surface area contributed by atoms with Crippen molar-refractivity contribution in [3.05, 3.63) is 28.3 Å². The van der Waals surface area contributed by atoms with Crippen molar-refractivity contribution >= 4 is 27.4 Å². The number of anilines is 1. The Morgan fingerprint density at radius 2 is 1.73 bits per heavy atom. The van der Waals surface area contributed by atoms with Gasteiger partial charge in [-0.3, -0.25) is 19.8 Å². The van der Waals surface area contributed by atoms with Crippen LogP contribution in [0, 0.1) is 10.1 Å². The molecule has 3 fully saturated rings. The molecule has 0 radical (unpaired) electrons. The van der Waals surface area contributed by atoms with Crippen LogP contribution in [-0.2, 0) is 24.3 Å². The first-order chi connectivity index (χ1) is 14.4. The van der Waals surface area contributed by atoms with Crippen LogP contribution in [0.3, 0.4) is 0 Å². The number of carbonyl (C=O) groups is 1. The lowest BCUT2D eigenvalue weighted by atomic mass is 10.1. The molecule has 30 heavy (non-hydrogen) atoms. The summed E-state index contributed by atoms with van der Waals surface area (Å²) in [6.07, 6.45) is 0.660. The fourth-order valence-corrected chi connectivity index (χ4v) is 5.53. The molecule has 1 aromatic carbocycles. The smallest absolute Gasteiger partial charge is 0.323 e. The summed E-state index contributed by atoms with van der Waals surface area (Å²) in [4.78, 5) is 26.8. The van der Waals surface area contributed by atoms with E-state index < -0.39 is 14.9 Å². The van der Waals surface area contributed by atoms with Gasteiger partial charge < -0.3 is 14.4 Å². The van der Waals surface area contributed by atoms with E-state index >= 15 is 0 Å². The minimum atomic E-state index is -3.82. The standard InChI is InChI=1S/C18H24N4O7S/c23-18-16(3-10-29-18)20-6-4-19(5-7-20)15-2-1-14(13-17(15)22(24)25)30(26,27)21-8-11-28-12-9-21/h1-2,13,16H,3-12H2. The number of sulfonamides is 1. The van der Waals surface area contributed by atoms with E-state index in [0.29, 0.717) is 58.1 Å². The molecule has 4 rings (SSSR count). The number of ether oxygens (including phenoxy) is 2. The van der Waals surface area contributed by atoms with Crippen molar-refractivity contribution in [3.8, 4) is 0 Å². The third-order valence-electron chi connectivity index (χ3n) is 5.75. The second-order valence-corrected chi connectivity index (χ2v) is 9.36. The van der Waals surface area contributed by atoms with Crippen molar-refractivity contribution < 1.29 is 27.6 Å². The van der Waals surface area contributed by atoms with Gasteiger partial charge in [-0.15, -0.1) is 0 Å². The number of nitro groups is 1. The van der Waals surface area contributed by atoms with E-state index in [4.69, 9.17) is 9.47 Å². The Hall–Kier alpha value is -2.28. The number of hydrogen-bond acceptors (Lipinski definition) is 9. The highest BCUT2D eigenvalue weighted by Crippen LogP contribution is 2.33. The van der Waals surface area contributed by atoms with E-state index in [1.54, 1.807) is 0 Å². The molecule has 3 heterocycles. The average molecular weight is 440 g/mol. The van der Waals surface area contributed by atoms with E-state index in [0.717, 1.165) is 6.07 Å². The number of benzene rings is 1. The second-order valence-electron chi connectivity index (χ2n) is 7.42. The van der Waals surface area contributed by atoms with E-state index in [1.165, 1.54) is 16.4 Å². The number of cyclic esters (lactones) is 1. The highest BCUT2D eigenvalue weighted by Gasteiger charge is 2.35. The number of nitrogens with zero attached hydrogens (tertiary/aromatic N) is 4. The van der Waals surface area contributed by atoms with Crippen molar-refractivity contribution in [3.63, 3.8) is 0 Å². The molecule has 3 aliphatic rings. The molecule has 0 amide bonds. The van der Waals surface area contributed by atoms with Crippen LogP contribution in [0.5, 0.6) is 0 Å². The molecule has 0 N–H and O–H groups in total. The van der Waals surface area contributed by atoms with Crippen LogP contribution in [0.1, 0.15) is 6.42 Å². The maximum absolute atomic E-state index is 12.9. The van der Waals surface area contributed by atoms with E-state index in [-0.39, 0.29) is 35.7 Å². The summed E-state index contributed by atoms with van der Waals surface area (Å²) < 4.78 is 37.2. The topological polar surface area (TPSA) is 123 Å². The summed E-state index contributed by atoms with van der Waals surface area (Å²) in [5, 5.41) is 11.7. The highest BCUT2D eigenvalue weighted by atomic mass is 32.2. The number of esters is 1. The molecule has 0 aliphatic carbocycles. The van der Waals surface area contributed by atoms with Gasteiger partial charge in [0.05, 0.1) is 29.6 Å². The van der Waals surface area contributed by atoms with Crippen LogP contribution in [-0.4, -0.2) is 93.6 Å². The summed E-state index contributed by atoms with van der Waals surface area (Å²) in [5.41, 5.74) is 0.146. The first-order valence-corrected chi connectivity index (χ1v) is 11.3. The summed E-state index contributed by atoms with van der Waals surface area (Å²) in [6, 6.07) is 3.82. The van der Waals surface area contributed by atoms with E-state index in [9.17, 15) is 23.3 Å². The molecule has 12 heteroatoms. The molecule has 164 valence electrons. The molecule has 3 aliphatic heterocycles. The summed E-state index contributed by atoms with van der Waals surface area (Å²) in [6.45, 7) is 3.63. The molecule has 0 bridgehead atoms. The third kappa shape index (κ3) is 4.00. The number of nitro benzene ring substituents is 1. The van der Waals surface area contributed by atoms with Gasteiger partial charge in [0.25, 0.3) is 5.69 Å². The maximum atomic E-state index is 12.9. The zero-order valence-corrected chi connectivity index (χ0v) is 17.3. The van der Waals surface area contributed by atoms with Gasteiger partial charge in [0.15, 0.2) is 0 Å². The summed E-state index contributed by atoms with van der Waals surface area (Å²) in [7, 11) is -3.82. The van der Waals surface area contributed by atoms with Crippen LogP contribution in [0.15, 0.2) is 23.1 Å². The Morgan fingerprint density at radius 1 is 1.03 bits per heavy atom. The van der Waals surface area contributed by atoms with Crippen molar-refractivity contribution in [2.24, 2.45) is 0 Å². The second kappa shape index (κ2) is 8.46. The quantitative estimate of drug-likeness (QED) is 0.355. The van der Waals surface area contributed by atoms with Gasteiger partial charge in [-0.05, 0) is 12.1 Å². The minimum absolute atomic E-state index is 0.0906. The number of morpholine rings is 1. The van der Waals surface area contributed by atoms with Gasteiger partial charge in [-0.1, -0.05) is 0 Å². The summed E-state index contributed by atoms with van der Waals surface area (Å²) >= 11 is 0. The van der Waals surface area contributed by atoms with Crippen molar-refractivity contribution in [1.29, 1.82) is 0 Å². The zero-order valence-electron chi connectivity index (χ0n) is 16.4. The largest absolute Gasteiger partial charge is 0.464 e. The van der Waals surface area contributed by atoms with Crippen molar-refractivity contribution in [1.82, 2.24) is 9.21 Å². The minimum Gasteiger partial charge on any atom is -0.464 e. The molecule has 0 saturated carbocycles. The zero-order chi connectivity index (χ0) is 21.3. The van der Waals surface area contributed by atoms with Crippen LogP contribution >= 0.6 is 0 Å². The van der Waals surface area contributed by atoms with Gasteiger partial charge in [-0.2, -0.15) is 4.31 Å². The lowest BCUT2D eigenvalue weighted by Crippen LogP contribution is -2.51. The Balaban J connectivity index is 1.53. The number of carbonyl (C=O) groups excluding carboxylic acids is 1. The predicted molar refractivity (Wildman–Crippen MR) is 106 cm³/mol. The summed E-state index contributed by atoms with van der Waals surface area (Å²) in [5.74, 6) is -0.216. The Labute approximate surface area is 174 Å². The van der Waals surface area contributed by atoms with Gasteiger partial charge in [0.2, 0.25) is 10.0 Å². The van der Waals surface area contributed by atoms with Gasteiger partial charge in [0, 0.05) is 51.8 Å². The fraction of sp³-hybridized carbons (Fsp3) is 0.611. The van der Waals surface area contributed by atoms with Crippen LogP contribution in [0.2, 0.25) is 0 Å². The predicted octanol–water partition coefficient (Wildman–Crippen LogP) is 0.0532. The van der Waals surface area contributed by atoms with Crippen LogP contribution in [0.25, 0.3) is 0 Å². The number of hydrogen-bond donors (Lipinski definition) is 0. The fourth-order valence-electron chi connectivity index (χ4n) is 4.10. The van der Waals surface area contributed by atoms with Crippen LogP contribution < -0.4 is 4.90 Å².